The van der Waals surface area contributed by atoms with E-state index in [0.717, 1.165) is 12.8 Å². The first-order valence-electron chi connectivity index (χ1n) is 13.7. The minimum absolute atomic E-state index is 0.0140. The Morgan fingerprint density at radius 2 is 1.65 bits per heavy atom. The van der Waals surface area contributed by atoms with Gasteiger partial charge in [-0.25, -0.2) is 0 Å². The number of hydrogen-bond donors (Lipinski definition) is 4. The van der Waals surface area contributed by atoms with Crippen molar-refractivity contribution in [3.05, 3.63) is 48.0 Å². The van der Waals surface area contributed by atoms with Gasteiger partial charge in [0.1, 0.15) is 6.61 Å². The van der Waals surface area contributed by atoms with Gasteiger partial charge in [0.25, 0.3) is 0 Å². The minimum atomic E-state index is -0.540. The maximum absolute atomic E-state index is 11.8. The molecule has 2 rings (SSSR count). The number of carbonyl (C=O) groups is 1. The maximum Gasteiger partial charge on any atom is 0.305 e. The lowest BCUT2D eigenvalue weighted by atomic mass is 9.85. The van der Waals surface area contributed by atoms with Crippen molar-refractivity contribution in [3.63, 3.8) is 0 Å². The Bertz CT molecular complexity index is 741. The van der Waals surface area contributed by atoms with Gasteiger partial charge in [-0.1, -0.05) is 42.5 Å². The number of benzene rings is 1. The summed E-state index contributed by atoms with van der Waals surface area (Å²) in [5.41, 5.74) is 1.21. The smallest absolute Gasteiger partial charge is 0.305 e. The molecule has 1 fully saturated rings. The van der Waals surface area contributed by atoms with Gasteiger partial charge in [-0.3, -0.25) is 4.79 Å². The van der Waals surface area contributed by atoms with Gasteiger partial charge in [0.2, 0.25) is 0 Å². The zero-order chi connectivity index (χ0) is 26.7. The lowest BCUT2D eigenvalue weighted by Crippen LogP contribution is -2.23. The Morgan fingerprint density at radius 1 is 0.946 bits per heavy atom. The zero-order valence-corrected chi connectivity index (χ0v) is 22.0. The number of hydrogen-bond acceptors (Lipinski definition) is 8. The molecule has 0 radical (unpaired) electrons. The number of rotatable bonds is 20. The van der Waals surface area contributed by atoms with Crippen molar-refractivity contribution in [1.82, 2.24) is 0 Å². The molecular weight excluding hydrogens is 476 g/mol. The fourth-order valence-corrected chi connectivity index (χ4v) is 4.82. The first-order chi connectivity index (χ1) is 18.0. The van der Waals surface area contributed by atoms with Gasteiger partial charge in [-0.15, -0.1) is 0 Å². The van der Waals surface area contributed by atoms with E-state index in [4.69, 9.17) is 19.3 Å². The molecule has 1 aromatic rings. The lowest BCUT2D eigenvalue weighted by Gasteiger charge is -2.23. The number of carbonyl (C=O) groups excluding carboxylic acids is 1. The number of aliphatic hydroxyl groups is 4. The molecule has 4 N–H and O–H groups in total. The van der Waals surface area contributed by atoms with Crippen LogP contribution < -0.4 is 0 Å². The van der Waals surface area contributed by atoms with Crippen LogP contribution in [0.1, 0.15) is 56.9 Å². The van der Waals surface area contributed by atoms with E-state index in [1.807, 2.05) is 30.4 Å². The molecule has 1 aliphatic carbocycles. The molecule has 8 nitrogen and oxygen atoms in total. The highest BCUT2D eigenvalue weighted by Gasteiger charge is 2.40. The Balaban J connectivity index is 1.56. The number of allylic oxidation sites excluding steroid dienone is 2. The van der Waals surface area contributed by atoms with E-state index in [9.17, 15) is 20.1 Å². The summed E-state index contributed by atoms with van der Waals surface area (Å²) in [6.45, 7) is 1.59. The summed E-state index contributed by atoms with van der Waals surface area (Å²) in [6, 6.07) is 10.1. The van der Waals surface area contributed by atoms with E-state index in [-0.39, 0.29) is 37.6 Å². The average Bonchev–Trinajstić information content (AvgIpc) is 3.17. The van der Waals surface area contributed by atoms with Gasteiger partial charge in [0.15, 0.2) is 0 Å². The summed E-state index contributed by atoms with van der Waals surface area (Å²) in [5, 5.41) is 39.9. The molecule has 1 aromatic carbocycles. The molecule has 37 heavy (non-hydrogen) atoms. The third kappa shape index (κ3) is 13.5. The highest BCUT2D eigenvalue weighted by Crippen LogP contribution is 2.38. The van der Waals surface area contributed by atoms with E-state index in [0.29, 0.717) is 64.8 Å². The molecule has 210 valence electrons. The molecule has 1 saturated carbocycles. The van der Waals surface area contributed by atoms with Crippen LogP contribution >= 0.6 is 0 Å². The molecule has 0 unspecified atom stereocenters. The van der Waals surface area contributed by atoms with E-state index >= 15 is 0 Å². The van der Waals surface area contributed by atoms with Crippen molar-refractivity contribution in [2.45, 2.75) is 76.1 Å². The van der Waals surface area contributed by atoms with Crippen LogP contribution in [0.4, 0.5) is 0 Å². The summed E-state index contributed by atoms with van der Waals surface area (Å²) >= 11 is 0. The van der Waals surface area contributed by atoms with E-state index in [1.54, 1.807) is 0 Å². The normalized spacial score (nSPS) is 22.5. The van der Waals surface area contributed by atoms with Crippen LogP contribution in [0, 0.1) is 11.8 Å². The Kier molecular flexibility index (Phi) is 16.4. The molecule has 8 heteroatoms. The van der Waals surface area contributed by atoms with Crippen LogP contribution in [0.5, 0.6) is 0 Å². The second-order valence-electron chi connectivity index (χ2n) is 9.72. The highest BCUT2D eigenvalue weighted by atomic mass is 16.6. The SMILES string of the molecule is O=C(CCC/C=C\C[C@@H]1[C@@H](CC[C@@H](O)CCc2ccccc2)[C@H](O)C[C@@H]1O)OCCOCCOCCO. The highest BCUT2D eigenvalue weighted by molar-refractivity contribution is 5.69. The maximum atomic E-state index is 11.8. The summed E-state index contributed by atoms with van der Waals surface area (Å²) in [5.74, 6) is -0.301. The molecule has 0 bridgehead atoms. The number of ether oxygens (including phenoxy) is 3. The van der Waals surface area contributed by atoms with Crippen molar-refractivity contribution >= 4 is 5.97 Å². The third-order valence-electron chi connectivity index (χ3n) is 6.89. The molecular formula is C29H46O8. The molecule has 0 heterocycles. The topological polar surface area (TPSA) is 126 Å². The fraction of sp³-hybridized carbons (Fsp3) is 0.690. The zero-order valence-electron chi connectivity index (χ0n) is 22.0. The van der Waals surface area contributed by atoms with Crippen molar-refractivity contribution in [3.8, 4) is 0 Å². The summed E-state index contributed by atoms with van der Waals surface area (Å²) in [4.78, 5) is 11.8. The number of aliphatic hydroxyl groups excluding tert-OH is 4. The van der Waals surface area contributed by atoms with Gasteiger partial charge in [-0.05, 0) is 68.8 Å². The van der Waals surface area contributed by atoms with Gasteiger partial charge < -0.3 is 34.6 Å². The standard InChI is InChI=1S/C29H46O8/c30-16-17-35-18-19-36-20-21-37-29(34)11-7-2-1-6-10-25-26(28(33)22-27(25)32)15-14-24(31)13-12-23-8-4-3-5-9-23/h1,3-6,8-9,24-28,30-33H,2,7,10-22H2/b6-1-/t24-,25+,26+,27-,28+/m0/s1. The monoisotopic (exact) mass is 522 g/mol. The Hall–Kier alpha value is -1.81. The lowest BCUT2D eigenvalue weighted by molar-refractivity contribution is -0.145. The summed E-state index contributed by atoms with van der Waals surface area (Å²) in [6.07, 6.45) is 8.19. The molecule has 1 aliphatic rings. The number of aryl methyl sites for hydroxylation is 1. The van der Waals surface area contributed by atoms with Crippen molar-refractivity contribution in [2.24, 2.45) is 11.8 Å². The molecule has 0 amide bonds. The summed E-state index contributed by atoms with van der Waals surface area (Å²) in [7, 11) is 0. The van der Waals surface area contributed by atoms with Crippen LogP contribution in [0.3, 0.4) is 0 Å². The van der Waals surface area contributed by atoms with Crippen molar-refractivity contribution in [2.75, 3.05) is 39.6 Å². The molecule has 0 saturated heterocycles. The predicted molar refractivity (Wildman–Crippen MR) is 141 cm³/mol. The first-order valence-corrected chi connectivity index (χ1v) is 13.7. The van der Waals surface area contributed by atoms with E-state index < -0.39 is 18.3 Å². The second-order valence-corrected chi connectivity index (χ2v) is 9.72. The fourth-order valence-electron chi connectivity index (χ4n) is 4.82. The third-order valence-corrected chi connectivity index (χ3v) is 6.89. The first kappa shape index (κ1) is 31.4. The average molecular weight is 523 g/mol. The van der Waals surface area contributed by atoms with Crippen LogP contribution in [-0.4, -0.2) is 84.3 Å². The van der Waals surface area contributed by atoms with E-state index in [2.05, 4.69) is 12.1 Å². The van der Waals surface area contributed by atoms with Crippen LogP contribution in [-0.2, 0) is 25.4 Å². The molecule has 0 spiro atoms. The molecule has 5 atom stereocenters. The van der Waals surface area contributed by atoms with Crippen molar-refractivity contribution in [1.29, 1.82) is 0 Å². The van der Waals surface area contributed by atoms with E-state index in [1.165, 1.54) is 5.56 Å². The quantitative estimate of drug-likeness (QED) is 0.117. The minimum Gasteiger partial charge on any atom is -0.463 e. The van der Waals surface area contributed by atoms with Gasteiger partial charge in [-0.2, -0.15) is 0 Å². The van der Waals surface area contributed by atoms with Crippen LogP contribution in [0.2, 0.25) is 0 Å². The molecule has 0 aliphatic heterocycles. The second kappa shape index (κ2) is 19.3. The van der Waals surface area contributed by atoms with Crippen LogP contribution in [0.15, 0.2) is 42.5 Å². The van der Waals surface area contributed by atoms with Gasteiger partial charge in [0, 0.05) is 6.42 Å². The Morgan fingerprint density at radius 3 is 2.41 bits per heavy atom. The number of esters is 1. The summed E-state index contributed by atoms with van der Waals surface area (Å²) < 4.78 is 15.5. The molecule has 0 aromatic heterocycles. The van der Waals surface area contributed by atoms with Gasteiger partial charge in [0.05, 0.1) is 51.3 Å². The number of unbranched alkanes of at least 4 members (excludes halogenated alkanes) is 1. The predicted octanol–water partition coefficient (Wildman–Crippen LogP) is 2.80. The van der Waals surface area contributed by atoms with Crippen LogP contribution in [0.25, 0.3) is 0 Å². The Labute approximate surface area is 221 Å². The van der Waals surface area contributed by atoms with Gasteiger partial charge >= 0.3 is 5.97 Å². The van der Waals surface area contributed by atoms with Crippen molar-refractivity contribution < 1.29 is 39.4 Å². The largest absolute Gasteiger partial charge is 0.463 e.